The van der Waals surface area contributed by atoms with Crippen LogP contribution in [0.1, 0.15) is 43.6 Å². The van der Waals surface area contributed by atoms with Crippen LogP contribution in [-0.4, -0.2) is 27.7 Å². The summed E-state index contributed by atoms with van der Waals surface area (Å²) in [6.45, 7) is 5.04. The van der Waals surface area contributed by atoms with Crippen LogP contribution in [0.25, 0.3) is 0 Å². The van der Waals surface area contributed by atoms with Gasteiger partial charge in [0.1, 0.15) is 6.61 Å². The second kappa shape index (κ2) is 10.9. The number of aromatic nitrogens is 3. The molecule has 0 unspecified atom stereocenters. The molecule has 0 saturated carbocycles. The van der Waals surface area contributed by atoms with Gasteiger partial charge in [-0.2, -0.15) is 14.9 Å². The average Bonchev–Trinajstić information content (AvgIpc) is 3.10. The molecule has 0 aliphatic rings. The predicted molar refractivity (Wildman–Crippen MR) is 122 cm³/mol. The molecule has 30 heavy (non-hydrogen) atoms. The Labute approximate surface area is 186 Å². The van der Waals surface area contributed by atoms with Crippen molar-refractivity contribution in [1.29, 1.82) is 0 Å². The van der Waals surface area contributed by atoms with E-state index in [0.717, 1.165) is 36.2 Å². The van der Waals surface area contributed by atoms with Crippen LogP contribution < -0.4 is 9.47 Å². The molecule has 0 spiro atoms. The molecule has 3 aromatic rings. The van der Waals surface area contributed by atoms with Crippen LogP contribution in [-0.2, 0) is 13.0 Å². The summed E-state index contributed by atoms with van der Waals surface area (Å²) in [6.07, 6.45) is 4.68. The lowest BCUT2D eigenvalue weighted by molar-refractivity contribution is 0.269. The molecule has 8 heteroatoms. The molecule has 0 radical (unpaired) electrons. The first-order valence-electron chi connectivity index (χ1n) is 9.95. The number of aryl methyl sites for hydroxylation is 1. The number of nitrogens with one attached hydrogen (secondary N) is 1. The highest BCUT2D eigenvalue weighted by molar-refractivity contribution is 7.71. The summed E-state index contributed by atoms with van der Waals surface area (Å²) in [7, 11) is 0. The molecule has 2 aromatic carbocycles. The van der Waals surface area contributed by atoms with Gasteiger partial charge in [-0.15, -0.1) is 0 Å². The average molecular weight is 445 g/mol. The lowest BCUT2D eigenvalue weighted by atomic mass is 10.2. The van der Waals surface area contributed by atoms with Gasteiger partial charge >= 0.3 is 0 Å². The number of rotatable bonds is 10. The smallest absolute Gasteiger partial charge is 0.216 e. The number of nitrogens with zero attached hydrogens (tertiary/aromatic N) is 3. The normalized spacial score (nSPS) is 11.2. The van der Waals surface area contributed by atoms with Gasteiger partial charge < -0.3 is 9.47 Å². The molecule has 6 nitrogen and oxygen atoms in total. The minimum atomic E-state index is 0.426. The number of aromatic amines is 1. The molecule has 0 atom stereocenters. The van der Waals surface area contributed by atoms with Crippen molar-refractivity contribution < 1.29 is 9.47 Å². The third-order valence-electron chi connectivity index (χ3n) is 4.37. The number of hydrogen-bond acceptors (Lipinski definition) is 5. The van der Waals surface area contributed by atoms with E-state index in [1.807, 2.05) is 49.4 Å². The first-order chi connectivity index (χ1) is 14.6. The highest BCUT2D eigenvalue weighted by Crippen LogP contribution is 2.29. The lowest BCUT2D eigenvalue weighted by Gasteiger charge is -2.12. The molecule has 0 aliphatic carbocycles. The van der Waals surface area contributed by atoms with Gasteiger partial charge in [0.05, 0.1) is 12.8 Å². The maximum atomic E-state index is 5.95. The van der Waals surface area contributed by atoms with Gasteiger partial charge in [0.15, 0.2) is 17.3 Å². The quantitative estimate of drug-likeness (QED) is 0.317. The minimum absolute atomic E-state index is 0.426. The van der Waals surface area contributed by atoms with Gasteiger partial charge in [-0.25, -0.2) is 0 Å². The summed E-state index contributed by atoms with van der Waals surface area (Å²) < 4.78 is 13.9. The molecule has 0 amide bonds. The Hall–Kier alpha value is -2.64. The number of hydrogen-bond donors (Lipinski definition) is 1. The first-order valence-corrected chi connectivity index (χ1v) is 10.7. The van der Waals surface area contributed by atoms with E-state index < -0.39 is 0 Å². The summed E-state index contributed by atoms with van der Waals surface area (Å²) in [5.74, 6) is 2.16. The Kier molecular flexibility index (Phi) is 8.04. The topological polar surface area (TPSA) is 64.4 Å². The Morgan fingerprint density at radius 1 is 1.13 bits per heavy atom. The highest BCUT2D eigenvalue weighted by atomic mass is 35.5. The summed E-state index contributed by atoms with van der Waals surface area (Å²) in [5.41, 5.74) is 1.91. The molecule has 1 N–H and O–H groups in total. The first kappa shape index (κ1) is 22.1. The fourth-order valence-corrected chi connectivity index (χ4v) is 3.12. The highest BCUT2D eigenvalue weighted by Gasteiger charge is 2.08. The maximum Gasteiger partial charge on any atom is 0.216 e. The summed E-state index contributed by atoms with van der Waals surface area (Å²) in [5, 5.41) is 12.3. The second-order valence-corrected chi connectivity index (χ2v) is 7.48. The van der Waals surface area contributed by atoms with Gasteiger partial charge in [-0.3, -0.25) is 5.10 Å². The van der Waals surface area contributed by atoms with E-state index in [4.69, 9.17) is 33.3 Å². The van der Waals surface area contributed by atoms with E-state index in [-0.39, 0.29) is 0 Å². The molecule has 1 aromatic heterocycles. The maximum absolute atomic E-state index is 5.95. The minimum Gasteiger partial charge on any atom is -0.490 e. The van der Waals surface area contributed by atoms with Gasteiger partial charge in [0, 0.05) is 11.4 Å². The van der Waals surface area contributed by atoms with Crippen molar-refractivity contribution >= 4 is 30.0 Å². The van der Waals surface area contributed by atoms with Gasteiger partial charge in [-0.1, -0.05) is 37.1 Å². The van der Waals surface area contributed by atoms with Gasteiger partial charge in [-0.05, 0) is 67.0 Å². The Balaban J connectivity index is 1.76. The Bertz CT molecular complexity index is 1040. The SMILES string of the molecule is CCCCc1n[nH]c(=S)n1/N=C/c1ccc(OCc2ccc(Cl)cc2)c(OCC)c1. The van der Waals surface area contributed by atoms with E-state index in [2.05, 4.69) is 22.2 Å². The fourth-order valence-electron chi connectivity index (χ4n) is 2.80. The van der Waals surface area contributed by atoms with Crippen LogP contribution in [0, 0.1) is 4.77 Å². The Morgan fingerprint density at radius 3 is 2.67 bits per heavy atom. The van der Waals surface area contributed by atoms with E-state index in [0.29, 0.717) is 34.5 Å². The number of benzene rings is 2. The molecule has 158 valence electrons. The molecule has 0 fully saturated rings. The third kappa shape index (κ3) is 5.93. The molecule has 0 bridgehead atoms. The van der Waals surface area contributed by atoms with Crippen molar-refractivity contribution in [3.63, 3.8) is 0 Å². The van der Waals surface area contributed by atoms with E-state index in [1.165, 1.54) is 0 Å². The number of halogens is 1. The van der Waals surface area contributed by atoms with E-state index in [9.17, 15) is 0 Å². The molecule has 0 aliphatic heterocycles. The fraction of sp³-hybridized carbons (Fsp3) is 0.318. The van der Waals surface area contributed by atoms with E-state index >= 15 is 0 Å². The van der Waals surface area contributed by atoms with Crippen molar-refractivity contribution in [2.24, 2.45) is 5.10 Å². The summed E-state index contributed by atoms with van der Waals surface area (Å²) >= 11 is 11.2. The van der Waals surface area contributed by atoms with Crippen molar-refractivity contribution in [3.8, 4) is 11.5 Å². The predicted octanol–water partition coefficient (Wildman–Crippen LogP) is 5.80. The second-order valence-electron chi connectivity index (χ2n) is 6.66. The molecule has 3 rings (SSSR count). The molecular weight excluding hydrogens is 420 g/mol. The Morgan fingerprint density at radius 2 is 1.93 bits per heavy atom. The number of unbranched alkanes of at least 4 members (excludes halogenated alkanes) is 1. The van der Waals surface area contributed by atoms with Crippen LogP contribution in [0.2, 0.25) is 5.02 Å². The van der Waals surface area contributed by atoms with Gasteiger partial charge in [0.2, 0.25) is 4.77 Å². The number of ether oxygens (including phenoxy) is 2. The van der Waals surface area contributed by atoms with Crippen molar-refractivity contribution in [1.82, 2.24) is 14.9 Å². The molecule has 1 heterocycles. The molecular formula is C22H25ClN4O2S. The van der Waals surface area contributed by atoms with Crippen molar-refractivity contribution in [2.75, 3.05) is 6.61 Å². The van der Waals surface area contributed by atoms with Crippen LogP contribution in [0.5, 0.6) is 11.5 Å². The van der Waals surface area contributed by atoms with Crippen LogP contribution in [0.15, 0.2) is 47.6 Å². The van der Waals surface area contributed by atoms with E-state index in [1.54, 1.807) is 10.9 Å². The van der Waals surface area contributed by atoms with Crippen LogP contribution in [0.3, 0.4) is 0 Å². The third-order valence-corrected chi connectivity index (χ3v) is 4.89. The monoisotopic (exact) mass is 444 g/mol. The van der Waals surface area contributed by atoms with Crippen LogP contribution in [0.4, 0.5) is 0 Å². The largest absolute Gasteiger partial charge is 0.490 e. The van der Waals surface area contributed by atoms with Crippen LogP contribution >= 0.6 is 23.8 Å². The standard InChI is InChI=1S/C22H25ClN4O2S/c1-3-5-6-21-25-26-22(30)27(21)24-14-17-9-12-19(20(13-17)28-4-2)29-15-16-7-10-18(23)11-8-16/h7-14H,3-6,15H2,1-2H3,(H,26,30)/b24-14+. The molecule has 0 saturated heterocycles. The summed E-state index contributed by atoms with van der Waals surface area (Å²) in [4.78, 5) is 0. The van der Waals surface area contributed by atoms with Gasteiger partial charge in [0.25, 0.3) is 0 Å². The zero-order valence-corrected chi connectivity index (χ0v) is 18.7. The van der Waals surface area contributed by atoms with Crippen molar-refractivity contribution in [3.05, 3.63) is 69.2 Å². The summed E-state index contributed by atoms with van der Waals surface area (Å²) in [6, 6.07) is 13.3. The lowest BCUT2D eigenvalue weighted by Crippen LogP contribution is -2.01. The number of H-pyrrole nitrogens is 1. The zero-order chi connectivity index (χ0) is 21.3. The van der Waals surface area contributed by atoms with Crippen molar-refractivity contribution in [2.45, 2.75) is 39.7 Å². The zero-order valence-electron chi connectivity index (χ0n) is 17.1.